The van der Waals surface area contributed by atoms with E-state index in [1.165, 1.54) is 19.3 Å². The number of carbonyl (C=O) groups excluding carboxylic acids is 4. The van der Waals surface area contributed by atoms with Crippen molar-refractivity contribution >= 4 is 23.5 Å². The van der Waals surface area contributed by atoms with Gasteiger partial charge in [0.25, 0.3) is 0 Å². The van der Waals surface area contributed by atoms with E-state index in [-0.39, 0.29) is 24.7 Å². The number of amides is 3. The topological polar surface area (TPSA) is 139 Å². The standard InChI is InChI=1S/C31H44N4O7/c1-19(32-27(36)17-35-11-13-41-14-12-35)29(38)34-26(15-20-7-9-21(40-3)10-8-20)30(39)33-25(28(37)31(2)18-42-31)16-24-22-5-4-6-23(22)24/h7-10,19,22-26H,4-6,11-18H2,1-3H3,(H,32,36)(H,33,39)(H,34,38)/t19-,22-,23+,24+,25-,26-,31+/m0/s1. The Hall–Kier alpha value is -3.02. The van der Waals surface area contributed by atoms with Crippen LogP contribution in [0.4, 0.5) is 0 Å². The Bertz CT molecular complexity index is 1140. The molecule has 42 heavy (non-hydrogen) atoms. The molecule has 2 heterocycles. The minimum absolute atomic E-state index is 0.112. The van der Waals surface area contributed by atoms with Gasteiger partial charge in [0.1, 0.15) is 23.4 Å². The maximum Gasteiger partial charge on any atom is 0.243 e. The fraction of sp³-hybridized carbons (Fsp3) is 0.677. The molecule has 2 saturated heterocycles. The van der Waals surface area contributed by atoms with Crippen LogP contribution < -0.4 is 20.7 Å². The summed E-state index contributed by atoms with van der Waals surface area (Å²) in [6.07, 6.45) is 4.40. The zero-order valence-electron chi connectivity index (χ0n) is 24.9. The number of morpholine rings is 1. The summed E-state index contributed by atoms with van der Waals surface area (Å²) in [4.78, 5) is 55.0. The molecule has 3 amide bonds. The fourth-order valence-electron chi connectivity index (χ4n) is 6.53. The van der Waals surface area contributed by atoms with E-state index in [1.807, 2.05) is 17.0 Å². The third-order valence-electron chi connectivity index (χ3n) is 9.30. The van der Waals surface area contributed by atoms with Crippen molar-refractivity contribution in [3.05, 3.63) is 29.8 Å². The number of rotatable bonds is 14. The Kier molecular flexibility index (Phi) is 9.49. The van der Waals surface area contributed by atoms with Gasteiger partial charge in [-0.15, -0.1) is 0 Å². The summed E-state index contributed by atoms with van der Waals surface area (Å²) < 4.78 is 16.0. The summed E-state index contributed by atoms with van der Waals surface area (Å²) in [5.41, 5.74) is -0.0481. The zero-order chi connectivity index (χ0) is 29.9. The van der Waals surface area contributed by atoms with Gasteiger partial charge in [0.05, 0.1) is 39.5 Å². The number of fused-ring (bicyclic) bond motifs is 1. The van der Waals surface area contributed by atoms with Crippen LogP contribution >= 0.6 is 0 Å². The lowest BCUT2D eigenvalue weighted by Gasteiger charge is -2.27. The van der Waals surface area contributed by atoms with Gasteiger partial charge in [-0.2, -0.15) is 0 Å². The predicted octanol–water partition coefficient (Wildman–Crippen LogP) is 0.838. The van der Waals surface area contributed by atoms with Crippen molar-refractivity contribution in [2.75, 3.05) is 46.6 Å². The van der Waals surface area contributed by atoms with Crippen molar-refractivity contribution in [1.29, 1.82) is 0 Å². The number of benzene rings is 1. The first-order valence-corrected chi connectivity index (χ1v) is 15.2. The lowest BCUT2D eigenvalue weighted by molar-refractivity contribution is -0.134. The van der Waals surface area contributed by atoms with E-state index in [0.717, 1.165) is 5.56 Å². The quantitative estimate of drug-likeness (QED) is 0.274. The van der Waals surface area contributed by atoms with Crippen molar-refractivity contribution in [3.63, 3.8) is 0 Å². The van der Waals surface area contributed by atoms with Crippen LogP contribution in [-0.2, 0) is 35.1 Å². The van der Waals surface area contributed by atoms with Crippen LogP contribution in [0.15, 0.2) is 24.3 Å². The molecular formula is C31H44N4O7. The molecule has 2 aliphatic heterocycles. The summed E-state index contributed by atoms with van der Waals surface area (Å²) >= 11 is 0. The summed E-state index contributed by atoms with van der Waals surface area (Å²) in [5, 5.41) is 8.57. The van der Waals surface area contributed by atoms with Crippen molar-refractivity contribution < 1.29 is 33.4 Å². The Balaban J connectivity index is 1.25. The second-order valence-electron chi connectivity index (χ2n) is 12.4. The van der Waals surface area contributed by atoms with Gasteiger partial charge in [0, 0.05) is 19.5 Å². The number of hydrogen-bond acceptors (Lipinski definition) is 8. The third kappa shape index (κ3) is 7.48. The van der Waals surface area contributed by atoms with E-state index in [1.54, 1.807) is 33.1 Å². The Morgan fingerprint density at radius 2 is 1.64 bits per heavy atom. The highest BCUT2D eigenvalue weighted by atomic mass is 16.6. The molecular weight excluding hydrogens is 540 g/mol. The van der Waals surface area contributed by atoms with E-state index in [2.05, 4.69) is 16.0 Å². The second kappa shape index (κ2) is 13.1. The van der Waals surface area contributed by atoms with Crippen molar-refractivity contribution in [3.8, 4) is 5.75 Å². The van der Waals surface area contributed by atoms with Crippen LogP contribution in [0.1, 0.15) is 45.1 Å². The lowest BCUT2D eigenvalue weighted by atomic mass is 9.93. The molecule has 0 bridgehead atoms. The predicted molar refractivity (Wildman–Crippen MR) is 154 cm³/mol. The second-order valence-corrected chi connectivity index (χ2v) is 12.4. The SMILES string of the molecule is COc1ccc(C[C@H](NC(=O)[C@H](C)NC(=O)CN2CCOCC2)C(=O)N[C@@H](C[C@H]2[C@@H]3CCC[C@@H]32)C(=O)[C@@]2(C)CO2)cc1. The zero-order valence-corrected chi connectivity index (χ0v) is 24.9. The van der Waals surface area contributed by atoms with E-state index in [4.69, 9.17) is 14.2 Å². The van der Waals surface area contributed by atoms with Gasteiger partial charge in [-0.05, 0) is 68.6 Å². The number of nitrogens with zero attached hydrogens (tertiary/aromatic N) is 1. The molecule has 2 saturated carbocycles. The van der Waals surface area contributed by atoms with E-state index >= 15 is 0 Å². The monoisotopic (exact) mass is 584 g/mol. The van der Waals surface area contributed by atoms with E-state index in [9.17, 15) is 19.2 Å². The highest BCUT2D eigenvalue weighted by molar-refractivity contribution is 5.98. The molecule has 1 aromatic carbocycles. The number of methoxy groups -OCH3 is 1. The molecule has 11 nitrogen and oxygen atoms in total. The number of ether oxygens (including phenoxy) is 3. The molecule has 3 N–H and O–H groups in total. The molecule has 0 aromatic heterocycles. The average molecular weight is 585 g/mol. The van der Waals surface area contributed by atoms with Crippen molar-refractivity contribution in [2.45, 2.75) is 69.7 Å². The third-order valence-corrected chi connectivity index (χ3v) is 9.30. The molecule has 4 fully saturated rings. The van der Waals surface area contributed by atoms with Crippen LogP contribution in [0.3, 0.4) is 0 Å². The van der Waals surface area contributed by atoms with Gasteiger partial charge in [-0.3, -0.25) is 24.1 Å². The number of carbonyl (C=O) groups is 4. The summed E-state index contributed by atoms with van der Waals surface area (Å²) in [5.74, 6) is 1.11. The summed E-state index contributed by atoms with van der Waals surface area (Å²) in [6.45, 7) is 6.34. The highest BCUT2D eigenvalue weighted by Gasteiger charge is 2.56. The van der Waals surface area contributed by atoms with Crippen LogP contribution in [0, 0.1) is 17.8 Å². The van der Waals surface area contributed by atoms with Gasteiger partial charge < -0.3 is 30.2 Å². The largest absolute Gasteiger partial charge is 0.497 e. The first-order chi connectivity index (χ1) is 20.2. The number of hydrogen-bond donors (Lipinski definition) is 3. The van der Waals surface area contributed by atoms with Crippen LogP contribution in [0.2, 0.25) is 0 Å². The van der Waals surface area contributed by atoms with Crippen molar-refractivity contribution in [1.82, 2.24) is 20.9 Å². The highest BCUT2D eigenvalue weighted by Crippen LogP contribution is 2.59. The Morgan fingerprint density at radius 1 is 1.00 bits per heavy atom. The molecule has 1 aromatic rings. The molecule has 11 heteroatoms. The maximum atomic E-state index is 13.8. The Labute approximate surface area is 247 Å². The first kappa shape index (κ1) is 30.4. The minimum Gasteiger partial charge on any atom is -0.497 e. The molecule has 2 aliphatic carbocycles. The molecule has 7 atom stereocenters. The molecule has 5 rings (SSSR count). The normalized spacial score (nSPS) is 28.5. The fourth-order valence-corrected chi connectivity index (χ4v) is 6.53. The van der Waals surface area contributed by atoms with Crippen LogP contribution in [-0.4, -0.2) is 98.7 Å². The van der Waals surface area contributed by atoms with Crippen LogP contribution in [0.25, 0.3) is 0 Å². The molecule has 0 spiro atoms. The summed E-state index contributed by atoms with van der Waals surface area (Å²) in [7, 11) is 1.58. The molecule has 0 radical (unpaired) electrons. The van der Waals surface area contributed by atoms with E-state index in [0.29, 0.717) is 62.8 Å². The first-order valence-electron chi connectivity index (χ1n) is 15.2. The number of epoxide rings is 1. The van der Waals surface area contributed by atoms with Crippen LogP contribution in [0.5, 0.6) is 5.75 Å². The smallest absolute Gasteiger partial charge is 0.243 e. The number of Topliss-reactive ketones (excluding diaryl/α,β-unsaturated/α-hetero) is 1. The van der Waals surface area contributed by atoms with Gasteiger partial charge >= 0.3 is 0 Å². The van der Waals surface area contributed by atoms with Gasteiger partial charge in [0.15, 0.2) is 5.78 Å². The van der Waals surface area contributed by atoms with Crippen molar-refractivity contribution in [2.24, 2.45) is 17.8 Å². The van der Waals surface area contributed by atoms with E-state index < -0.39 is 35.5 Å². The molecule has 230 valence electrons. The number of ketones is 1. The molecule has 4 aliphatic rings. The lowest BCUT2D eigenvalue weighted by Crippen LogP contribution is -2.57. The molecule has 0 unspecified atom stereocenters. The minimum atomic E-state index is -0.952. The van der Waals surface area contributed by atoms with Gasteiger partial charge in [-0.25, -0.2) is 0 Å². The van der Waals surface area contributed by atoms with Gasteiger partial charge in [0.2, 0.25) is 17.7 Å². The summed E-state index contributed by atoms with van der Waals surface area (Å²) in [6, 6.07) is 4.78. The average Bonchev–Trinajstić information content (AvgIpc) is 3.83. The number of nitrogens with one attached hydrogen (secondary N) is 3. The Morgan fingerprint density at radius 3 is 2.26 bits per heavy atom. The maximum absolute atomic E-state index is 13.8. The van der Waals surface area contributed by atoms with Gasteiger partial charge in [-0.1, -0.05) is 18.6 Å².